The monoisotopic (exact) mass is 835 g/mol. The van der Waals surface area contributed by atoms with E-state index in [1.165, 1.54) is 16.7 Å². The SMILES string of the molecule is CC1(C)c2cnc(-c3[c-]cccc3)cc2C(C)(C)C1c1ccccc1.[2H]C([2H])(c1ccnc(-c2[c-]ccc3c2oc2ccccc23)c1)C(C)(C)C.[Ir]. The van der Waals surface area contributed by atoms with E-state index in [9.17, 15) is 0 Å². The van der Waals surface area contributed by atoms with Gasteiger partial charge in [-0.15, -0.1) is 54.1 Å². The molecule has 7 aromatic rings. The summed E-state index contributed by atoms with van der Waals surface area (Å²) in [5, 5.41) is 2.07. The summed E-state index contributed by atoms with van der Waals surface area (Å²) in [6.45, 7) is 15.2. The Labute approximate surface area is 313 Å². The van der Waals surface area contributed by atoms with E-state index in [2.05, 4.69) is 93.5 Å². The summed E-state index contributed by atoms with van der Waals surface area (Å²) in [7, 11) is 0. The number of hydrogen-bond donors (Lipinski definition) is 0. The van der Waals surface area contributed by atoms with Crippen molar-refractivity contribution in [3.8, 4) is 22.5 Å². The van der Waals surface area contributed by atoms with Gasteiger partial charge in [-0.05, 0) is 62.8 Å². The van der Waals surface area contributed by atoms with E-state index >= 15 is 0 Å². The average molecular weight is 835 g/mol. The Balaban J connectivity index is 0.000000175. The van der Waals surface area contributed by atoms with Crippen LogP contribution in [0.2, 0.25) is 0 Å². The zero-order valence-corrected chi connectivity index (χ0v) is 32.2. The Bertz CT molecular complexity index is 2340. The first kappa shape index (κ1) is 32.8. The zero-order chi connectivity index (χ0) is 36.2. The predicted octanol–water partition coefficient (Wildman–Crippen LogP) is 11.9. The molecule has 1 atom stereocenters. The number of furan rings is 1. The van der Waals surface area contributed by atoms with E-state index in [1.807, 2.05) is 81.4 Å². The maximum Gasteiger partial charge on any atom is 0.120 e. The Hall–Kier alpha value is -4.37. The molecule has 1 radical (unpaired) electrons. The fourth-order valence-electron chi connectivity index (χ4n) is 7.85. The molecule has 0 N–H and O–H groups in total. The summed E-state index contributed by atoms with van der Waals surface area (Å²) in [5.74, 6) is 0.424. The van der Waals surface area contributed by atoms with Gasteiger partial charge in [0.1, 0.15) is 5.58 Å². The smallest absolute Gasteiger partial charge is 0.120 e. The van der Waals surface area contributed by atoms with Crippen molar-refractivity contribution in [3.05, 3.63) is 156 Å². The molecule has 4 aromatic carbocycles. The number of rotatable bonds is 4. The summed E-state index contributed by atoms with van der Waals surface area (Å²) in [6, 6.07) is 43.1. The van der Waals surface area contributed by atoms with Crippen molar-refractivity contribution in [2.45, 2.75) is 71.6 Å². The Kier molecular flexibility index (Phi) is 9.02. The quantitative estimate of drug-likeness (QED) is 0.166. The Morgan fingerprint density at radius 2 is 1.46 bits per heavy atom. The summed E-state index contributed by atoms with van der Waals surface area (Å²) in [6.07, 6.45) is 2.27. The average Bonchev–Trinajstić information content (AvgIpc) is 3.58. The number of nitrogens with zero attached hydrogens (tertiary/aromatic N) is 2. The summed E-state index contributed by atoms with van der Waals surface area (Å²) >= 11 is 0. The van der Waals surface area contributed by atoms with Crippen molar-refractivity contribution in [2.24, 2.45) is 5.41 Å². The number of para-hydroxylation sites is 1. The van der Waals surface area contributed by atoms with Crippen molar-refractivity contribution < 1.29 is 27.3 Å². The first-order chi connectivity index (χ1) is 24.2. The van der Waals surface area contributed by atoms with Crippen LogP contribution in [0.15, 0.2) is 126 Å². The van der Waals surface area contributed by atoms with Crippen LogP contribution < -0.4 is 0 Å². The van der Waals surface area contributed by atoms with Gasteiger partial charge >= 0.3 is 0 Å². The summed E-state index contributed by atoms with van der Waals surface area (Å²) in [5.41, 5.74) is 9.40. The van der Waals surface area contributed by atoms with Gasteiger partial charge in [0.2, 0.25) is 0 Å². The molecular weight excluding hydrogens is 789 g/mol. The second kappa shape index (κ2) is 13.7. The van der Waals surface area contributed by atoms with Gasteiger partial charge < -0.3 is 14.4 Å². The van der Waals surface area contributed by atoms with Crippen molar-refractivity contribution in [1.82, 2.24) is 9.97 Å². The maximum absolute atomic E-state index is 8.53. The molecule has 3 aromatic heterocycles. The third-order valence-corrected chi connectivity index (χ3v) is 9.73. The van der Waals surface area contributed by atoms with E-state index in [0.29, 0.717) is 17.2 Å². The molecule has 0 amide bonds. The van der Waals surface area contributed by atoms with Crippen molar-refractivity contribution >= 4 is 21.9 Å². The van der Waals surface area contributed by atoms with Gasteiger partial charge in [-0.1, -0.05) is 126 Å². The molecule has 0 fully saturated rings. The van der Waals surface area contributed by atoms with E-state index in [0.717, 1.165) is 38.8 Å². The van der Waals surface area contributed by atoms with Crippen molar-refractivity contribution in [1.29, 1.82) is 0 Å². The minimum Gasteiger partial charge on any atom is -0.501 e. The summed E-state index contributed by atoms with van der Waals surface area (Å²) in [4.78, 5) is 9.25. The van der Waals surface area contributed by atoms with E-state index in [-0.39, 0.29) is 30.9 Å². The number of fused-ring (bicyclic) bond motifs is 4. The minimum atomic E-state index is -1.48. The standard InChI is InChI=1S/C24H24N.C22H20NO.Ir/c1-23(2)19-15-21(17-11-7-5-8-12-17)25-16-20(19)24(3,4)22(23)18-13-9-6-10-14-18;1-22(2,3)14-15-11-12-23-19(13-15)18-9-6-8-17-16-7-4-5-10-20(16)24-21(17)18;/h5-11,13-16,22H,1-4H3;4-8,10-13H,14H2,1-3H3;/q2*-1;/i;14D2;. The van der Waals surface area contributed by atoms with Crippen LogP contribution in [0.5, 0.6) is 0 Å². The molecule has 0 saturated carbocycles. The number of pyridine rings is 2. The van der Waals surface area contributed by atoms with Crippen LogP contribution in [0.1, 0.15) is 79.4 Å². The number of aromatic nitrogens is 2. The molecule has 1 aliphatic carbocycles. The molecule has 0 bridgehead atoms. The first-order valence-corrected chi connectivity index (χ1v) is 17.0. The van der Waals surface area contributed by atoms with Crippen molar-refractivity contribution in [3.63, 3.8) is 0 Å². The normalized spacial score (nSPS) is 16.8. The van der Waals surface area contributed by atoms with Gasteiger partial charge in [-0.3, -0.25) is 0 Å². The topological polar surface area (TPSA) is 38.9 Å². The molecule has 3 nitrogen and oxygen atoms in total. The first-order valence-electron chi connectivity index (χ1n) is 18.0. The third kappa shape index (κ3) is 6.72. The predicted molar refractivity (Wildman–Crippen MR) is 203 cm³/mol. The molecule has 50 heavy (non-hydrogen) atoms. The molecule has 8 rings (SSSR count). The zero-order valence-electron chi connectivity index (χ0n) is 31.8. The third-order valence-electron chi connectivity index (χ3n) is 9.73. The number of benzene rings is 4. The van der Waals surface area contributed by atoms with Gasteiger partial charge in [0.15, 0.2) is 0 Å². The number of hydrogen-bond acceptors (Lipinski definition) is 3. The molecule has 255 valence electrons. The fourth-order valence-corrected chi connectivity index (χ4v) is 7.85. The van der Waals surface area contributed by atoms with E-state index < -0.39 is 11.8 Å². The van der Waals surface area contributed by atoms with E-state index in [1.54, 1.807) is 12.3 Å². The van der Waals surface area contributed by atoms with Crippen molar-refractivity contribution in [2.75, 3.05) is 0 Å². The molecule has 0 saturated heterocycles. The molecule has 1 aliphatic rings. The summed E-state index contributed by atoms with van der Waals surface area (Å²) < 4.78 is 23.1. The van der Waals surface area contributed by atoms with Crippen LogP contribution in [0.25, 0.3) is 44.5 Å². The molecule has 0 aliphatic heterocycles. The van der Waals surface area contributed by atoms with Gasteiger partial charge in [0.05, 0.1) is 5.58 Å². The van der Waals surface area contributed by atoms with Crippen LogP contribution in [0.4, 0.5) is 0 Å². The van der Waals surface area contributed by atoms with Crippen LogP contribution in [0.3, 0.4) is 0 Å². The molecule has 0 spiro atoms. The second-order valence-electron chi connectivity index (χ2n) is 15.2. The molecule has 1 unspecified atom stereocenters. The van der Waals surface area contributed by atoms with E-state index in [4.69, 9.17) is 12.1 Å². The van der Waals surface area contributed by atoms with Gasteiger partial charge in [-0.25, -0.2) is 0 Å². The van der Waals surface area contributed by atoms with Gasteiger partial charge in [-0.2, -0.15) is 0 Å². The molecular formula is C46H44IrN2O-2. The van der Waals surface area contributed by atoms with Crippen LogP contribution >= 0.6 is 0 Å². The van der Waals surface area contributed by atoms with Gasteiger partial charge in [0, 0.05) is 46.5 Å². The Morgan fingerprint density at radius 1 is 0.740 bits per heavy atom. The minimum absolute atomic E-state index is 0. The maximum atomic E-state index is 8.53. The van der Waals surface area contributed by atoms with Crippen LogP contribution in [-0.4, -0.2) is 9.97 Å². The fraction of sp³-hybridized carbons (Fsp3) is 0.261. The molecule has 3 heterocycles. The largest absolute Gasteiger partial charge is 0.501 e. The Morgan fingerprint density at radius 3 is 2.20 bits per heavy atom. The van der Waals surface area contributed by atoms with Crippen LogP contribution in [0, 0.1) is 17.5 Å². The van der Waals surface area contributed by atoms with Gasteiger partial charge in [0.25, 0.3) is 0 Å². The van der Waals surface area contributed by atoms with Crippen LogP contribution in [-0.2, 0) is 37.3 Å². The molecule has 4 heteroatoms. The second-order valence-corrected chi connectivity index (χ2v) is 15.2.